The fraction of sp³-hybridized carbons (Fsp3) is 0.129. The van der Waals surface area contributed by atoms with E-state index in [0.29, 0.717) is 0 Å². The van der Waals surface area contributed by atoms with Gasteiger partial charge in [-0.2, -0.15) is 0 Å². The summed E-state index contributed by atoms with van der Waals surface area (Å²) >= 11 is 1.87. The molecule has 0 N–H and O–H groups in total. The summed E-state index contributed by atoms with van der Waals surface area (Å²) in [5.74, 6) is 0. The maximum absolute atomic E-state index is 2.46. The van der Waals surface area contributed by atoms with E-state index in [1.165, 1.54) is 86.5 Å². The molecule has 2 heterocycles. The van der Waals surface area contributed by atoms with E-state index in [1.54, 1.807) is 0 Å². The smallest absolute Gasteiger partial charge is 0.0547 e. The fourth-order valence-corrected chi connectivity index (χ4v) is 10.7. The molecule has 316 valence electrons. The van der Waals surface area contributed by atoms with Gasteiger partial charge in [-0.15, -0.1) is 11.3 Å². The topological polar surface area (TPSA) is 8.17 Å². The highest BCUT2D eigenvalue weighted by molar-refractivity contribution is 7.25. The number of anilines is 3. The van der Waals surface area contributed by atoms with Gasteiger partial charge in [0, 0.05) is 53.6 Å². The predicted molar refractivity (Wildman–Crippen MR) is 282 cm³/mol. The molecule has 2 nitrogen and oxygen atoms in total. The zero-order valence-corrected chi connectivity index (χ0v) is 38.7. The first-order chi connectivity index (χ1) is 31.5. The summed E-state index contributed by atoms with van der Waals surface area (Å²) in [6.45, 7) is 13.7. The van der Waals surface area contributed by atoms with E-state index in [9.17, 15) is 0 Å². The normalized spacial score (nSPS) is 12.2. The molecule has 0 aliphatic rings. The first kappa shape index (κ1) is 40.6. The highest BCUT2D eigenvalue weighted by Gasteiger charge is 2.23. The van der Waals surface area contributed by atoms with Crippen LogP contribution >= 0.6 is 11.3 Å². The standard InChI is InChI=1S/C62H52N2S/c1-61(2,3)44-27-31-47(32-28-44)63(48-33-29-45(30-34-48)62(4,5)6)56-22-14-12-20-51(56)50-19-11-10-18-49(50)43-25-36-53-52-35-24-42(39-57(52)64(58(53)40-43)46-16-8-7-9-17-46)41-26-37-60-55(38-41)54-21-13-15-23-59(54)65-60/h7-40H,1-6H3. The summed E-state index contributed by atoms with van der Waals surface area (Å²) in [5, 5.41) is 5.11. The Morgan fingerprint density at radius 2 is 0.862 bits per heavy atom. The minimum absolute atomic E-state index is 0.0545. The highest BCUT2D eigenvalue weighted by atomic mass is 32.1. The number of para-hydroxylation sites is 2. The van der Waals surface area contributed by atoms with Gasteiger partial charge in [0.25, 0.3) is 0 Å². The van der Waals surface area contributed by atoms with Crippen molar-refractivity contribution in [3.8, 4) is 39.1 Å². The Morgan fingerprint density at radius 3 is 1.51 bits per heavy atom. The molecule has 0 amide bonds. The van der Waals surface area contributed by atoms with Crippen molar-refractivity contribution in [1.29, 1.82) is 0 Å². The van der Waals surface area contributed by atoms with E-state index < -0.39 is 0 Å². The van der Waals surface area contributed by atoms with Gasteiger partial charge in [-0.25, -0.2) is 0 Å². The quantitative estimate of drug-likeness (QED) is 0.155. The van der Waals surface area contributed by atoms with E-state index in [4.69, 9.17) is 0 Å². The summed E-state index contributed by atoms with van der Waals surface area (Å²) in [7, 11) is 0. The Hall–Kier alpha value is -7.20. The van der Waals surface area contributed by atoms with Crippen LogP contribution in [0.4, 0.5) is 17.1 Å². The number of hydrogen-bond donors (Lipinski definition) is 0. The van der Waals surface area contributed by atoms with Gasteiger partial charge in [0.05, 0.1) is 16.7 Å². The van der Waals surface area contributed by atoms with Crippen LogP contribution in [0.2, 0.25) is 0 Å². The molecule has 0 radical (unpaired) electrons. The van der Waals surface area contributed by atoms with E-state index >= 15 is 0 Å². The maximum atomic E-state index is 2.46. The van der Waals surface area contributed by atoms with Gasteiger partial charge < -0.3 is 9.47 Å². The third-order valence-corrected chi connectivity index (χ3v) is 14.3. The molecule has 0 fully saturated rings. The molecule has 0 saturated heterocycles. The molecule has 11 rings (SSSR count). The van der Waals surface area contributed by atoms with Gasteiger partial charge in [0.15, 0.2) is 0 Å². The third kappa shape index (κ3) is 7.31. The van der Waals surface area contributed by atoms with Crippen molar-refractivity contribution in [2.75, 3.05) is 4.90 Å². The Bertz CT molecular complexity index is 3480. The number of rotatable bonds is 7. The predicted octanol–water partition coefficient (Wildman–Crippen LogP) is 18.2. The van der Waals surface area contributed by atoms with E-state index in [2.05, 4.69) is 257 Å². The molecule has 3 heteroatoms. The number of benzene rings is 9. The molecular formula is C62H52N2S. The van der Waals surface area contributed by atoms with E-state index in [1.807, 2.05) is 11.3 Å². The monoisotopic (exact) mass is 856 g/mol. The molecule has 9 aromatic carbocycles. The van der Waals surface area contributed by atoms with Crippen LogP contribution in [0.25, 0.3) is 81.0 Å². The Morgan fingerprint density at radius 1 is 0.369 bits per heavy atom. The summed E-state index contributed by atoms with van der Waals surface area (Å²) in [6.07, 6.45) is 0. The number of hydrogen-bond acceptors (Lipinski definition) is 2. The van der Waals surface area contributed by atoms with Gasteiger partial charge in [0.2, 0.25) is 0 Å². The van der Waals surface area contributed by atoms with Crippen molar-refractivity contribution in [3.05, 3.63) is 217 Å². The summed E-state index contributed by atoms with van der Waals surface area (Å²) in [5.41, 5.74) is 16.8. The van der Waals surface area contributed by atoms with Crippen molar-refractivity contribution in [2.45, 2.75) is 52.4 Å². The lowest BCUT2D eigenvalue weighted by atomic mass is 9.86. The average Bonchev–Trinajstić information content (AvgIpc) is 3.86. The van der Waals surface area contributed by atoms with Crippen molar-refractivity contribution in [1.82, 2.24) is 4.57 Å². The SMILES string of the molecule is CC(C)(C)c1ccc(N(c2ccc(C(C)(C)C)cc2)c2ccccc2-c2ccccc2-c2ccc3c4ccc(-c5ccc6sc7ccccc7c6c5)cc4n(-c4ccccc4)c3c2)cc1. The largest absolute Gasteiger partial charge is 0.310 e. The first-order valence-corrected chi connectivity index (χ1v) is 23.6. The number of aromatic nitrogens is 1. The Labute approximate surface area is 386 Å². The van der Waals surface area contributed by atoms with Crippen LogP contribution in [-0.4, -0.2) is 4.57 Å². The van der Waals surface area contributed by atoms with Crippen LogP contribution in [0, 0.1) is 0 Å². The van der Waals surface area contributed by atoms with Crippen LogP contribution in [-0.2, 0) is 10.8 Å². The van der Waals surface area contributed by atoms with Crippen molar-refractivity contribution in [3.63, 3.8) is 0 Å². The number of thiophene rings is 1. The lowest BCUT2D eigenvalue weighted by molar-refractivity contribution is 0.590. The first-order valence-electron chi connectivity index (χ1n) is 22.7. The summed E-state index contributed by atoms with van der Waals surface area (Å²) in [4.78, 5) is 2.43. The van der Waals surface area contributed by atoms with Gasteiger partial charge in [-0.1, -0.05) is 175 Å². The molecule has 2 aromatic heterocycles. The highest BCUT2D eigenvalue weighted by Crippen LogP contribution is 2.46. The molecule has 0 spiro atoms. The summed E-state index contributed by atoms with van der Waals surface area (Å²) < 4.78 is 5.10. The molecule has 65 heavy (non-hydrogen) atoms. The van der Waals surface area contributed by atoms with Gasteiger partial charge >= 0.3 is 0 Å². The molecule has 0 aliphatic carbocycles. The molecule has 11 aromatic rings. The zero-order valence-electron chi connectivity index (χ0n) is 37.9. The fourth-order valence-electron chi connectivity index (χ4n) is 9.64. The molecule has 0 saturated carbocycles. The lowest BCUT2D eigenvalue weighted by Gasteiger charge is -2.30. The molecule has 0 unspecified atom stereocenters. The minimum atomic E-state index is 0.0545. The number of fused-ring (bicyclic) bond motifs is 6. The van der Waals surface area contributed by atoms with Crippen LogP contribution in [0.15, 0.2) is 206 Å². The third-order valence-electron chi connectivity index (χ3n) is 13.1. The van der Waals surface area contributed by atoms with E-state index in [-0.39, 0.29) is 10.8 Å². The summed E-state index contributed by atoms with van der Waals surface area (Å²) in [6, 6.07) is 76.7. The molecule has 0 atom stereocenters. The van der Waals surface area contributed by atoms with Crippen molar-refractivity contribution in [2.24, 2.45) is 0 Å². The van der Waals surface area contributed by atoms with Crippen LogP contribution < -0.4 is 4.90 Å². The van der Waals surface area contributed by atoms with Crippen molar-refractivity contribution >= 4 is 70.4 Å². The molecule has 0 bridgehead atoms. The second-order valence-electron chi connectivity index (χ2n) is 19.4. The van der Waals surface area contributed by atoms with Crippen LogP contribution in [0.1, 0.15) is 52.7 Å². The second kappa shape index (κ2) is 15.8. The lowest BCUT2D eigenvalue weighted by Crippen LogP contribution is -2.15. The molecular weight excluding hydrogens is 805 g/mol. The van der Waals surface area contributed by atoms with Crippen molar-refractivity contribution < 1.29 is 0 Å². The Balaban J connectivity index is 1.07. The second-order valence-corrected chi connectivity index (χ2v) is 20.5. The Kier molecular flexibility index (Phi) is 9.86. The van der Waals surface area contributed by atoms with Gasteiger partial charge in [0.1, 0.15) is 0 Å². The van der Waals surface area contributed by atoms with E-state index in [0.717, 1.165) is 22.7 Å². The van der Waals surface area contributed by atoms with Crippen LogP contribution in [0.3, 0.4) is 0 Å². The molecule has 0 aliphatic heterocycles. The minimum Gasteiger partial charge on any atom is -0.310 e. The van der Waals surface area contributed by atoms with Gasteiger partial charge in [-0.3, -0.25) is 0 Å². The zero-order chi connectivity index (χ0) is 44.5. The number of nitrogens with zero attached hydrogens (tertiary/aromatic N) is 2. The maximum Gasteiger partial charge on any atom is 0.0547 e. The van der Waals surface area contributed by atoms with Crippen LogP contribution in [0.5, 0.6) is 0 Å². The van der Waals surface area contributed by atoms with Gasteiger partial charge in [-0.05, 0) is 123 Å². The average molecular weight is 857 g/mol.